The van der Waals surface area contributed by atoms with Crippen molar-refractivity contribution in [2.45, 2.75) is 51.4 Å². The van der Waals surface area contributed by atoms with Crippen LogP contribution in [0.3, 0.4) is 0 Å². The zero-order valence-electron chi connectivity index (χ0n) is 9.78. The molecule has 0 saturated heterocycles. The summed E-state index contributed by atoms with van der Waals surface area (Å²) < 4.78 is 5.22. The number of hydrogen-bond acceptors (Lipinski definition) is 2. The molecule has 16 heavy (non-hydrogen) atoms. The van der Waals surface area contributed by atoms with Gasteiger partial charge in [-0.2, -0.15) is 0 Å². The number of hydrogen-bond donors (Lipinski definition) is 0. The molecule has 0 aromatic carbocycles. The molecule has 1 fully saturated rings. The number of aryl methyl sites for hydroxylation is 1. The van der Waals surface area contributed by atoms with Crippen molar-refractivity contribution < 1.29 is 9.21 Å². The van der Waals surface area contributed by atoms with Crippen LogP contribution >= 0.6 is 0 Å². The predicted molar refractivity (Wildman–Crippen MR) is 63.2 cm³/mol. The van der Waals surface area contributed by atoms with Gasteiger partial charge in [0.25, 0.3) is 0 Å². The van der Waals surface area contributed by atoms with E-state index in [0.717, 1.165) is 18.6 Å². The summed E-state index contributed by atoms with van der Waals surface area (Å²) in [6.45, 7) is 0. The van der Waals surface area contributed by atoms with Crippen LogP contribution in [0.2, 0.25) is 0 Å². The molecule has 2 heteroatoms. The minimum atomic E-state index is 0.406. The van der Waals surface area contributed by atoms with Gasteiger partial charge in [0, 0.05) is 19.3 Å². The fourth-order valence-electron chi connectivity index (χ4n) is 2.53. The van der Waals surface area contributed by atoms with E-state index in [1.54, 1.807) is 6.26 Å². The predicted octanol–water partition coefficient (Wildman–Crippen LogP) is 3.75. The van der Waals surface area contributed by atoms with Crippen molar-refractivity contribution in [1.29, 1.82) is 0 Å². The van der Waals surface area contributed by atoms with E-state index < -0.39 is 0 Å². The molecule has 0 radical (unpaired) electrons. The highest BCUT2D eigenvalue weighted by Crippen LogP contribution is 2.26. The lowest BCUT2D eigenvalue weighted by atomic mass is 9.85. The molecule has 1 aliphatic rings. The Morgan fingerprint density at radius 3 is 2.81 bits per heavy atom. The van der Waals surface area contributed by atoms with Gasteiger partial charge in [0.05, 0.1) is 6.26 Å². The molecular weight excluding hydrogens is 200 g/mol. The van der Waals surface area contributed by atoms with Crippen LogP contribution in [-0.2, 0) is 11.2 Å². The Kier molecular flexibility index (Phi) is 4.20. The SMILES string of the molecule is O=C(CCc1ccco1)CC1CCCCC1. The van der Waals surface area contributed by atoms with Crippen LogP contribution < -0.4 is 0 Å². The summed E-state index contributed by atoms with van der Waals surface area (Å²) in [5.74, 6) is 2.00. The van der Waals surface area contributed by atoms with Crippen LogP contribution in [0.4, 0.5) is 0 Å². The minimum absolute atomic E-state index is 0.406. The molecule has 2 nitrogen and oxygen atoms in total. The number of carbonyl (C=O) groups is 1. The quantitative estimate of drug-likeness (QED) is 0.756. The molecule has 0 N–H and O–H groups in total. The second-order valence-corrected chi connectivity index (χ2v) is 4.83. The van der Waals surface area contributed by atoms with Crippen LogP contribution in [0.15, 0.2) is 22.8 Å². The van der Waals surface area contributed by atoms with Gasteiger partial charge < -0.3 is 4.42 Å². The summed E-state index contributed by atoms with van der Waals surface area (Å²) >= 11 is 0. The van der Waals surface area contributed by atoms with E-state index in [0.29, 0.717) is 18.1 Å². The number of Topliss-reactive ketones (excluding diaryl/α,β-unsaturated/α-hetero) is 1. The van der Waals surface area contributed by atoms with Crippen molar-refractivity contribution in [3.8, 4) is 0 Å². The Morgan fingerprint density at radius 1 is 1.31 bits per heavy atom. The summed E-state index contributed by atoms with van der Waals surface area (Å²) in [6.07, 6.45) is 10.4. The van der Waals surface area contributed by atoms with E-state index in [4.69, 9.17) is 4.42 Å². The van der Waals surface area contributed by atoms with Crippen molar-refractivity contribution >= 4 is 5.78 Å². The first-order valence-electron chi connectivity index (χ1n) is 6.38. The molecule has 88 valence electrons. The lowest BCUT2D eigenvalue weighted by Gasteiger charge is -2.20. The van der Waals surface area contributed by atoms with Crippen LogP contribution in [0.1, 0.15) is 50.7 Å². The molecule has 0 bridgehead atoms. The molecular formula is C14H20O2. The third-order valence-corrected chi connectivity index (χ3v) is 3.47. The molecule has 2 rings (SSSR count). The highest BCUT2D eigenvalue weighted by molar-refractivity contribution is 5.78. The van der Waals surface area contributed by atoms with Crippen molar-refractivity contribution in [1.82, 2.24) is 0 Å². The lowest BCUT2D eigenvalue weighted by Crippen LogP contribution is -2.12. The summed E-state index contributed by atoms with van der Waals surface area (Å²) in [6, 6.07) is 3.81. The van der Waals surface area contributed by atoms with Crippen LogP contribution in [0, 0.1) is 5.92 Å². The number of rotatable bonds is 5. The zero-order valence-corrected chi connectivity index (χ0v) is 9.78. The Morgan fingerprint density at radius 2 is 2.12 bits per heavy atom. The third kappa shape index (κ3) is 3.51. The van der Waals surface area contributed by atoms with Gasteiger partial charge in [0.15, 0.2) is 0 Å². The summed E-state index contributed by atoms with van der Waals surface area (Å²) in [7, 11) is 0. The minimum Gasteiger partial charge on any atom is -0.469 e. The van der Waals surface area contributed by atoms with Gasteiger partial charge in [0.1, 0.15) is 11.5 Å². The normalized spacial score (nSPS) is 17.5. The number of ketones is 1. The molecule has 1 aromatic rings. The molecule has 0 amide bonds. The molecule has 0 aliphatic heterocycles. The molecule has 1 aromatic heterocycles. The van der Waals surface area contributed by atoms with Crippen molar-refractivity contribution in [3.63, 3.8) is 0 Å². The van der Waals surface area contributed by atoms with Gasteiger partial charge >= 0.3 is 0 Å². The van der Waals surface area contributed by atoms with Gasteiger partial charge in [-0.1, -0.05) is 32.1 Å². The van der Waals surface area contributed by atoms with Crippen molar-refractivity contribution in [3.05, 3.63) is 24.2 Å². The first kappa shape index (κ1) is 11.4. The number of carbonyl (C=O) groups excluding carboxylic acids is 1. The topological polar surface area (TPSA) is 30.2 Å². The highest BCUT2D eigenvalue weighted by Gasteiger charge is 2.16. The Balaban J connectivity index is 1.67. The average molecular weight is 220 g/mol. The largest absolute Gasteiger partial charge is 0.469 e. The van der Waals surface area contributed by atoms with Gasteiger partial charge in [-0.25, -0.2) is 0 Å². The maximum Gasteiger partial charge on any atom is 0.133 e. The average Bonchev–Trinajstić information content (AvgIpc) is 2.81. The molecule has 0 spiro atoms. The fourth-order valence-corrected chi connectivity index (χ4v) is 2.53. The first-order chi connectivity index (χ1) is 7.84. The van der Waals surface area contributed by atoms with E-state index in [9.17, 15) is 4.79 Å². The maximum absolute atomic E-state index is 11.8. The Hall–Kier alpha value is -1.05. The van der Waals surface area contributed by atoms with Crippen LogP contribution in [-0.4, -0.2) is 5.78 Å². The monoisotopic (exact) mass is 220 g/mol. The van der Waals surface area contributed by atoms with E-state index >= 15 is 0 Å². The first-order valence-corrected chi connectivity index (χ1v) is 6.38. The molecule has 0 atom stereocenters. The summed E-state index contributed by atoms with van der Waals surface area (Å²) in [5, 5.41) is 0. The second-order valence-electron chi connectivity index (χ2n) is 4.83. The highest BCUT2D eigenvalue weighted by atomic mass is 16.3. The van der Waals surface area contributed by atoms with E-state index in [1.807, 2.05) is 12.1 Å². The maximum atomic E-state index is 11.8. The van der Waals surface area contributed by atoms with Gasteiger partial charge in [-0.3, -0.25) is 4.79 Å². The molecule has 1 saturated carbocycles. The van der Waals surface area contributed by atoms with Crippen molar-refractivity contribution in [2.24, 2.45) is 5.92 Å². The fraction of sp³-hybridized carbons (Fsp3) is 0.643. The van der Waals surface area contributed by atoms with Crippen LogP contribution in [0.5, 0.6) is 0 Å². The third-order valence-electron chi connectivity index (χ3n) is 3.47. The van der Waals surface area contributed by atoms with Gasteiger partial charge in [-0.05, 0) is 18.1 Å². The Labute approximate surface area is 97.0 Å². The van der Waals surface area contributed by atoms with E-state index in [1.165, 1.54) is 32.1 Å². The summed E-state index contributed by atoms with van der Waals surface area (Å²) in [4.78, 5) is 11.8. The van der Waals surface area contributed by atoms with Crippen LogP contribution in [0.25, 0.3) is 0 Å². The summed E-state index contributed by atoms with van der Waals surface area (Å²) in [5.41, 5.74) is 0. The standard InChI is InChI=1S/C14H20O2/c15-13(8-9-14-7-4-10-16-14)11-12-5-2-1-3-6-12/h4,7,10,12H,1-3,5-6,8-9,11H2. The molecule has 1 heterocycles. The number of furan rings is 1. The van der Waals surface area contributed by atoms with Crippen molar-refractivity contribution in [2.75, 3.05) is 0 Å². The second kappa shape index (κ2) is 5.88. The molecule has 1 aliphatic carbocycles. The smallest absolute Gasteiger partial charge is 0.133 e. The van der Waals surface area contributed by atoms with E-state index in [-0.39, 0.29) is 0 Å². The Bertz CT molecular complexity index is 307. The molecule has 0 unspecified atom stereocenters. The zero-order chi connectivity index (χ0) is 11.2. The van der Waals surface area contributed by atoms with E-state index in [2.05, 4.69) is 0 Å². The lowest BCUT2D eigenvalue weighted by molar-refractivity contribution is -0.120. The van der Waals surface area contributed by atoms with Gasteiger partial charge in [-0.15, -0.1) is 0 Å². The van der Waals surface area contributed by atoms with Gasteiger partial charge in [0.2, 0.25) is 0 Å².